The van der Waals surface area contributed by atoms with Crippen molar-refractivity contribution in [3.63, 3.8) is 0 Å². The van der Waals surface area contributed by atoms with Crippen molar-refractivity contribution < 1.29 is 9.84 Å². The van der Waals surface area contributed by atoms with Crippen LogP contribution in [0.25, 0.3) is 0 Å². The van der Waals surface area contributed by atoms with Crippen LogP contribution >= 0.6 is 11.8 Å². The van der Waals surface area contributed by atoms with Crippen LogP contribution in [0.1, 0.15) is 32.6 Å². The summed E-state index contributed by atoms with van der Waals surface area (Å²) in [6, 6.07) is 0. The van der Waals surface area contributed by atoms with Gasteiger partial charge in [-0.05, 0) is 43.1 Å². The lowest BCUT2D eigenvalue weighted by Crippen LogP contribution is -2.21. The molecule has 1 aliphatic rings. The van der Waals surface area contributed by atoms with Crippen molar-refractivity contribution in [3.8, 4) is 0 Å². The molecule has 1 rings (SSSR count). The van der Waals surface area contributed by atoms with Crippen molar-refractivity contribution in [2.45, 2.75) is 38.7 Å². The van der Waals surface area contributed by atoms with Crippen LogP contribution < -0.4 is 0 Å². The maximum absolute atomic E-state index is 9.77. The van der Waals surface area contributed by atoms with E-state index in [2.05, 4.69) is 6.92 Å². The van der Waals surface area contributed by atoms with E-state index in [1.807, 2.05) is 11.8 Å². The number of aliphatic hydroxyl groups is 1. The second-order valence-corrected chi connectivity index (χ2v) is 5.32. The molecule has 1 saturated heterocycles. The van der Waals surface area contributed by atoms with E-state index in [1.54, 1.807) is 0 Å². The first kappa shape index (κ1) is 12.3. The first-order chi connectivity index (χ1) is 6.83. The molecule has 0 aromatic carbocycles. The summed E-state index contributed by atoms with van der Waals surface area (Å²) in [7, 11) is 0. The molecule has 0 radical (unpaired) electrons. The van der Waals surface area contributed by atoms with Gasteiger partial charge in [-0.15, -0.1) is 0 Å². The van der Waals surface area contributed by atoms with E-state index in [4.69, 9.17) is 4.74 Å². The van der Waals surface area contributed by atoms with Crippen molar-refractivity contribution in [1.29, 1.82) is 0 Å². The molecule has 0 aliphatic carbocycles. The fourth-order valence-corrected chi connectivity index (χ4v) is 2.58. The largest absolute Gasteiger partial charge is 0.393 e. The molecule has 1 heterocycles. The lowest BCUT2D eigenvalue weighted by atomic mass is 9.93. The number of aliphatic hydroxyl groups excluding tert-OH is 1. The van der Waals surface area contributed by atoms with Gasteiger partial charge in [-0.1, -0.05) is 6.92 Å². The molecule has 1 aliphatic heterocycles. The lowest BCUT2D eigenvalue weighted by molar-refractivity contribution is 0.0433. The summed E-state index contributed by atoms with van der Waals surface area (Å²) in [5.74, 6) is 2.95. The molecule has 14 heavy (non-hydrogen) atoms. The van der Waals surface area contributed by atoms with Gasteiger partial charge in [0, 0.05) is 13.2 Å². The number of ether oxygens (including phenoxy) is 1. The van der Waals surface area contributed by atoms with Crippen molar-refractivity contribution in [3.05, 3.63) is 0 Å². The van der Waals surface area contributed by atoms with Gasteiger partial charge in [-0.25, -0.2) is 0 Å². The van der Waals surface area contributed by atoms with Crippen LogP contribution in [0.3, 0.4) is 0 Å². The Hall–Kier alpha value is 0.270. The zero-order chi connectivity index (χ0) is 10.2. The van der Waals surface area contributed by atoms with E-state index in [1.165, 1.54) is 0 Å². The summed E-state index contributed by atoms with van der Waals surface area (Å²) in [5.41, 5.74) is 0. The van der Waals surface area contributed by atoms with Crippen LogP contribution in [0, 0.1) is 5.92 Å². The molecular weight excluding hydrogens is 196 g/mol. The topological polar surface area (TPSA) is 29.5 Å². The van der Waals surface area contributed by atoms with Crippen molar-refractivity contribution in [2.24, 2.45) is 5.92 Å². The second kappa shape index (κ2) is 7.55. The van der Waals surface area contributed by atoms with Crippen LogP contribution in [-0.2, 0) is 4.74 Å². The van der Waals surface area contributed by atoms with E-state index >= 15 is 0 Å². The standard InChI is InChI=1S/C11H22O2S/c1-2-14-8-5-11(12)9-10-3-6-13-7-4-10/h10-12H,2-9H2,1H3. The normalized spacial score (nSPS) is 21.0. The fourth-order valence-electron chi connectivity index (χ4n) is 1.85. The highest BCUT2D eigenvalue weighted by atomic mass is 32.2. The van der Waals surface area contributed by atoms with Gasteiger partial charge in [0.1, 0.15) is 0 Å². The third-order valence-corrected chi connectivity index (χ3v) is 3.68. The Kier molecular flexibility index (Phi) is 6.65. The molecule has 1 atom stereocenters. The smallest absolute Gasteiger partial charge is 0.0550 e. The molecule has 2 nitrogen and oxygen atoms in total. The van der Waals surface area contributed by atoms with Crippen molar-refractivity contribution in [2.75, 3.05) is 24.7 Å². The van der Waals surface area contributed by atoms with Gasteiger partial charge in [-0.2, -0.15) is 11.8 Å². The molecule has 0 bridgehead atoms. The summed E-state index contributed by atoms with van der Waals surface area (Å²) in [6.07, 6.45) is 4.12. The average molecular weight is 218 g/mol. The Morgan fingerprint density at radius 3 is 2.79 bits per heavy atom. The predicted octanol–water partition coefficient (Wildman–Crippen LogP) is 2.31. The number of hydrogen-bond donors (Lipinski definition) is 1. The summed E-state index contributed by atoms with van der Waals surface area (Å²) in [6.45, 7) is 3.94. The molecule has 0 aromatic rings. The van der Waals surface area contributed by atoms with Crippen molar-refractivity contribution in [1.82, 2.24) is 0 Å². The van der Waals surface area contributed by atoms with E-state index in [9.17, 15) is 5.11 Å². The van der Waals surface area contributed by atoms with Gasteiger partial charge >= 0.3 is 0 Å². The molecular formula is C11H22O2S. The molecule has 1 unspecified atom stereocenters. The first-order valence-corrected chi connectivity index (χ1v) is 6.82. The average Bonchev–Trinajstić information content (AvgIpc) is 2.20. The highest BCUT2D eigenvalue weighted by Gasteiger charge is 2.17. The molecule has 3 heteroatoms. The summed E-state index contributed by atoms with van der Waals surface area (Å²) >= 11 is 1.91. The van der Waals surface area contributed by atoms with E-state index in [-0.39, 0.29) is 6.10 Å². The van der Waals surface area contributed by atoms with Gasteiger partial charge in [0.25, 0.3) is 0 Å². The molecule has 0 amide bonds. The van der Waals surface area contributed by atoms with Crippen LogP contribution in [0.2, 0.25) is 0 Å². The molecule has 0 saturated carbocycles. The van der Waals surface area contributed by atoms with E-state index < -0.39 is 0 Å². The second-order valence-electron chi connectivity index (χ2n) is 3.93. The Morgan fingerprint density at radius 1 is 1.43 bits per heavy atom. The van der Waals surface area contributed by atoms with Gasteiger partial charge in [0.2, 0.25) is 0 Å². The molecule has 1 N–H and O–H groups in total. The minimum absolute atomic E-state index is 0.0860. The lowest BCUT2D eigenvalue weighted by Gasteiger charge is -2.24. The Bertz CT molecular complexity index is 135. The first-order valence-electron chi connectivity index (χ1n) is 5.66. The Labute approximate surface area is 91.4 Å². The molecule has 0 aromatic heterocycles. The monoisotopic (exact) mass is 218 g/mol. The van der Waals surface area contributed by atoms with Gasteiger partial charge in [0.15, 0.2) is 0 Å². The zero-order valence-corrected chi connectivity index (χ0v) is 9.89. The van der Waals surface area contributed by atoms with Crippen LogP contribution in [-0.4, -0.2) is 35.9 Å². The maximum Gasteiger partial charge on any atom is 0.0550 e. The minimum Gasteiger partial charge on any atom is -0.393 e. The summed E-state index contributed by atoms with van der Waals surface area (Å²) in [5, 5.41) is 9.77. The quantitative estimate of drug-likeness (QED) is 0.694. The van der Waals surface area contributed by atoms with Crippen LogP contribution in [0.4, 0.5) is 0 Å². The number of hydrogen-bond acceptors (Lipinski definition) is 3. The minimum atomic E-state index is -0.0860. The third-order valence-electron chi connectivity index (χ3n) is 2.75. The molecule has 0 spiro atoms. The van der Waals surface area contributed by atoms with E-state index in [0.717, 1.165) is 50.4 Å². The van der Waals surface area contributed by atoms with Crippen LogP contribution in [0.15, 0.2) is 0 Å². The highest BCUT2D eigenvalue weighted by molar-refractivity contribution is 7.99. The third kappa shape index (κ3) is 5.23. The van der Waals surface area contributed by atoms with Crippen molar-refractivity contribution >= 4 is 11.8 Å². The maximum atomic E-state index is 9.77. The Morgan fingerprint density at radius 2 is 2.14 bits per heavy atom. The number of rotatable bonds is 6. The van der Waals surface area contributed by atoms with Gasteiger partial charge < -0.3 is 9.84 Å². The van der Waals surface area contributed by atoms with Gasteiger partial charge in [-0.3, -0.25) is 0 Å². The van der Waals surface area contributed by atoms with Crippen LogP contribution in [0.5, 0.6) is 0 Å². The van der Waals surface area contributed by atoms with Gasteiger partial charge in [0.05, 0.1) is 6.10 Å². The number of thioether (sulfide) groups is 1. The summed E-state index contributed by atoms with van der Waals surface area (Å²) < 4.78 is 5.29. The SMILES string of the molecule is CCSCCC(O)CC1CCOCC1. The summed E-state index contributed by atoms with van der Waals surface area (Å²) in [4.78, 5) is 0. The highest BCUT2D eigenvalue weighted by Crippen LogP contribution is 2.21. The molecule has 84 valence electrons. The van der Waals surface area contributed by atoms with E-state index in [0.29, 0.717) is 5.92 Å². The zero-order valence-electron chi connectivity index (χ0n) is 9.08. The molecule has 1 fully saturated rings. The Balaban J connectivity index is 2.03. The predicted molar refractivity (Wildman–Crippen MR) is 61.8 cm³/mol. The fraction of sp³-hybridized carbons (Fsp3) is 1.00.